The van der Waals surface area contributed by atoms with Crippen molar-refractivity contribution in [1.82, 2.24) is 5.32 Å². The van der Waals surface area contributed by atoms with Gasteiger partial charge >= 0.3 is 6.03 Å². The third kappa shape index (κ3) is 4.24. The fourth-order valence-corrected chi connectivity index (χ4v) is 1.36. The molecule has 0 aliphatic heterocycles. The second-order valence-corrected chi connectivity index (χ2v) is 3.98. The van der Waals surface area contributed by atoms with Crippen molar-refractivity contribution in [2.24, 2.45) is 0 Å². The Morgan fingerprint density at radius 3 is 2.78 bits per heavy atom. The van der Waals surface area contributed by atoms with E-state index in [2.05, 4.69) is 10.6 Å². The topological polar surface area (TPSA) is 50.4 Å². The van der Waals surface area contributed by atoms with Gasteiger partial charge in [-0.2, -0.15) is 0 Å². The number of amides is 2. The van der Waals surface area contributed by atoms with Crippen LogP contribution in [-0.2, 0) is 0 Å². The summed E-state index contributed by atoms with van der Waals surface area (Å²) in [6, 6.07) is 3.78. The van der Waals surface area contributed by atoms with E-state index in [0.29, 0.717) is 18.0 Å². The van der Waals surface area contributed by atoms with Crippen molar-refractivity contribution in [2.75, 3.05) is 11.9 Å². The highest BCUT2D eigenvalue weighted by Gasteiger charge is 2.10. The SMILES string of the molecule is CCOc1cc(F)ccc1NC(=O)NC(C)CC. The number of anilines is 1. The van der Waals surface area contributed by atoms with Crippen molar-refractivity contribution < 1.29 is 13.9 Å². The smallest absolute Gasteiger partial charge is 0.319 e. The predicted molar refractivity (Wildman–Crippen MR) is 69.5 cm³/mol. The average Bonchev–Trinajstić information content (AvgIpc) is 2.32. The Morgan fingerprint density at radius 1 is 1.44 bits per heavy atom. The maximum absolute atomic E-state index is 13.1. The molecule has 1 aromatic carbocycles. The number of nitrogens with one attached hydrogen (secondary N) is 2. The summed E-state index contributed by atoms with van der Waals surface area (Å²) in [5, 5.41) is 5.41. The largest absolute Gasteiger partial charge is 0.492 e. The molecule has 0 fully saturated rings. The van der Waals surface area contributed by atoms with Crippen molar-refractivity contribution in [1.29, 1.82) is 0 Å². The van der Waals surface area contributed by atoms with Crippen LogP contribution in [0.3, 0.4) is 0 Å². The van der Waals surface area contributed by atoms with Crippen LogP contribution in [0.4, 0.5) is 14.9 Å². The summed E-state index contributed by atoms with van der Waals surface area (Å²) in [6.07, 6.45) is 0.842. The van der Waals surface area contributed by atoms with Crippen molar-refractivity contribution in [3.63, 3.8) is 0 Å². The summed E-state index contributed by atoms with van der Waals surface area (Å²) in [4.78, 5) is 11.7. The van der Waals surface area contributed by atoms with Gasteiger partial charge in [-0.25, -0.2) is 9.18 Å². The lowest BCUT2D eigenvalue weighted by Crippen LogP contribution is -2.35. The number of rotatable bonds is 5. The van der Waals surface area contributed by atoms with E-state index in [9.17, 15) is 9.18 Å². The first-order valence-electron chi connectivity index (χ1n) is 6.06. The molecule has 1 atom stereocenters. The highest BCUT2D eigenvalue weighted by Crippen LogP contribution is 2.25. The first kappa shape index (κ1) is 14.3. The molecule has 0 aliphatic carbocycles. The van der Waals surface area contributed by atoms with Crippen LogP contribution in [0.5, 0.6) is 5.75 Å². The van der Waals surface area contributed by atoms with Crippen LogP contribution in [-0.4, -0.2) is 18.7 Å². The number of carbonyl (C=O) groups is 1. The summed E-state index contributed by atoms with van der Waals surface area (Å²) in [5.74, 6) is -0.0665. The highest BCUT2D eigenvalue weighted by atomic mass is 19.1. The summed E-state index contributed by atoms with van der Waals surface area (Å²) >= 11 is 0. The van der Waals surface area contributed by atoms with Crippen LogP contribution < -0.4 is 15.4 Å². The molecule has 4 nitrogen and oxygen atoms in total. The zero-order valence-corrected chi connectivity index (χ0v) is 10.9. The van der Waals surface area contributed by atoms with Gasteiger partial charge in [0, 0.05) is 12.1 Å². The molecule has 0 saturated carbocycles. The number of hydrogen-bond acceptors (Lipinski definition) is 2. The number of carbonyl (C=O) groups excluding carboxylic acids is 1. The van der Waals surface area contributed by atoms with Crippen LogP contribution in [0.1, 0.15) is 27.2 Å². The third-order valence-electron chi connectivity index (χ3n) is 2.48. The first-order chi connectivity index (χ1) is 8.56. The molecule has 0 bridgehead atoms. The molecule has 18 heavy (non-hydrogen) atoms. The molecule has 5 heteroatoms. The number of ether oxygens (including phenoxy) is 1. The minimum absolute atomic E-state index is 0.0843. The lowest BCUT2D eigenvalue weighted by atomic mass is 10.2. The van der Waals surface area contributed by atoms with Gasteiger partial charge in [-0.15, -0.1) is 0 Å². The normalized spacial score (nSPS) is 11.8. The second kappa shape index (κ2) is 6.83. The van der Waals surface area contributed by atoms with Crippen molar-refractivity contribution in [3.8, 4) is 5.75 Å². The molecule has 0 radical (unpaired) electrons. The van der Waals surface area contributed by atoms with E-state index >= 15 is 0 Å². The van der Waals surface area contributed by atoms with Gasteiger partial charge < -0.3 is 15.4 Å². The predicted octanol–water partition coefficient (Wildman–Crippen LogP) is 3.14. The molecular weight excluding hydrogens is 235 g/mol. The molecule has 2 amide bonds. The zero-order valence-electron chi connectivity index (χ0n) is 10.9. The van der Waals surface area contributed by atoms with Crippen LogP contribution in [0.25, 0.3) is 0 Å². The molecule has 100 valence electrons. The quantitative estimate of drug-likeness (QED) is 0.848. The molecule has 0 spiro atoms. The Morgan fingerprint density at radius 2 is 2.17 bits per heavy atom. The summed E-state index contributed by atoms with van der Waals surface area (Å²) in [5.41, 5.74) is 0.457. The maximum Gasteiger partial charge on any atom is 0.319 e. The second-order valence-electron chi connectivity index (χ2n) is 3.98. The van der Waals surface area contributed by atoms with E-state index in [1.165, 1.54) is 18.2 Å². The molecule has 2 N–H and O–H groups in total. The number of halogens is 1. The van der Waals surface area contributed by atoms with Gasteiger partial charge in [-0.3, -0.25) is 0 Å². The minimum Gasteiger partial charge on any atom is -0.492 e. The third-order valence-corrected chi connectivity index (χ3v) is 2.48. The molecule has 0 aromatic heterocycles. The standard InChI is InChI=1S/C13H19FN2O2/c1-4-9(3)15-13(17)16-11-7-6-10(14)8-12(11)18-5-2/h6-9H,4-5H2,1-3H3,(H2,15,16,17). The van der Waals surface area contributed by atoms with Gasteiger partial charge in [-0.1, -0.05) is 6.92 Å². The fraction of sp³-hybridized carbons (Fsp3) is 0.462. The average molecular weight is 254 g/mol. The zero-order chi connectivity index (χ0) is 13.5. The van der Waals surface area contributed by atoms with Gasteiger partial charge in [0.15, 0.2) is 0 Å². The molecule has 0 saturated heterocycles. The van der Waals surface area contributed by atoms with Gasteiger partial charge in [0.05, 0.1) is 12.3 Å². The minimum atomic E-state index is -0.397. The van der Waals surface area contributed by atoms with E-state index in [-0.39, 0.29) is 12.1 Å². The van der Waals surface area contributed by atoms with E-state index in [4.69, 9.17) is 4.74 Å². The lowest BCUT2D eigenvalue weighted by Gasteiger charge is -2.15. The number of urea groups is 1. The maximum atomic E-state index is 13.1. The van der Waals surface area contributed by atoms with Gasteiger partial charge in [0.2, 0.25) is 0 Å². The molecule has 1 aromatic rings. The van der Waals surface area contributed by atoms with Gasteiger partial charge in [0.25, 0.3) is 0 Å². The first-order valence-corrected chi connectivity index (χ1v) is 6.06. The van der Waals surface area contributed by atoms with E-state index in [1.807, 2.05) is 13.8 Å². The summed E-state index contributed by atoms with van der Waals surface area (Å²) in [7, 11) is 0. The monoisotopic (exact) mass is 254 g/mol. The molecule has 0 aliphatic rings. The van der Waals surface area contributed by atoms with Gasteiger partial charge in [-0.05, 0) is 32.4 Å². The Bertz CT molecular complexity index is 410. The Labute approximate surface area is 107 Å². The molecular formula is C13H19FN2O2. The van der Waals surface area contributed by atoms with E-state index < -0.39 is 5.82 Å². The molecule has 1 unspecified atom stereocenters. The molecule has 1 rings (SSSR count). The summed E-state index contributed by atoms with van der Waals surface area (Å²) < 4.78 is 18.3. The van der Waals surface area contributed by atoms with Crippen molar-refractivity contribution >= 4 is 11.7 Å². The van der Waals surface area contributed by atoms with E-state index in [0.717, 1.165) is 6.42 Å². The fourth-order valence-electron chi connectivity index (χ4n) is 1.36. The Kier molecular flexibility index (Phi) is 5.42. The Balaban J connectivity index is 2.74. The van der Waals surface area contributed by atoms with Gasteiger partial charge in [0.1, 0.15) is 11.6 Å². The van der Waals surface area contributed by atoms with Crippen molar-refractivity contribution in [3.05, 3.63) is 24.0 Å². The van der Waals surface area contributed by atoms with Crippen LogP contribution in [0, 0.1) is 5.82 Å². The summed E-state index contributed by atoms with van der Waals surface area (Å²) in [6.45, 7) is 6.10. The van der Waals surface area contributed by atoms with Crippen LogP contribution in [0.2, 0.25) is 0 Å². The number of benzene rings is 1. The van der Waals surface area contributed by atoms with E-state index in [1.54, 1.807) is 6.92 Å². The Hall–Kier alpha value is -1.78. The lowest BCUT2D eigenvalue weighted by molar-refractivity contribution is 0.248. The van der Waals surface area contributed by atoms with Crippen LogP contribution >= 0.6 is 0 Å². The van der Waals surface area contributed by atoms with Crippen molar-refractivity contribution in [2.45, 2.75) is 33.2 Å². The molecule has 0 heterocycles. The van der Waals surface area contributed by atoms with Crippen LogP contribution in [0.15, 0.2) is 18.2 Å². The number of hydrogen-bond donors (Lipinski definition) is 2. The highest BCUT2D eigenvalue weighted by molar-refractivity contribution is 5.91.